The Morgan fingerprint density at radius 3 is 2.70 bits per heavy atom. The third-order valence-corrected chi connectivity index (χ3v) is 2.30. The van der Waals surface area contributed by atoms with Gasteiger partial charge in [-0.3, -0.25) is 0 Å². The third kappa shape index (κ3) is 1.33. The number of terminal acetylenes is 1. The molecule has 1 heterocycles. The van der Waals surface area contributed by atoms with Crippen molar-refractivity contribution in [1.29, 1.82) is 0 Å². The predicted molar refractivity (Wildman–Crippen MR) is 43.6 cm³/mol. The van der Waals surface area contributed by atoms with Gasteiger partial charge in [-0.25, -0.2) is 0 Å². The van der Waals surface area contributed by atoms with E-state index in [1.54, 1.807) is 0 Å². The van der Waals surface area contributed by atoms with Gasteiger partial charge in [-0.1, -0.05) is 5.92 Å². The second-order valence-corrected chi connectivity index (χ2v) is 3.51. The molecule has 0 aliphatic carbocycles. The van der Waals surface area contributed by atoms with Crippen molar-refractivity contribution in [3.8, 4) is 12.3 Å². The molecule has 0 aromatic rings. The lowest BCUT2D eigenvalue weighted by molar-refractivity contribution is 0.357. The molecule has 0 amide bonds. The lowest BCUT2D eigenvalue weighted by Gasteiger charge is -2.25. The van der Waals surface area contributed by atoms with Crippen LogP contribution in [0.15, 0.2) is 0 Å². The minimum atomic E-state index is 0.0382. The second-order valence-electron chi connectivity index (χ2n) is 3.51. The molecule has 1 unspecified atom stereocenters. The van der Waals surface area contributed by atoms with Crippen molar-refractivity contribution >= 4 is 0 Å². The summed E-state index contributed by atoms with van der Waals surface area (Å²) >= 11 is 0. The van der Waals surface area contributed by atoms with E-state index in [1.165, 1.54) is 12.8 Å². The van der Waals surface area contributed by atoms with E-state index in [0.717, 1.165) is 6.54 Å². The molecule has 0 spiro atoms. The summed E-state index contributed by atoms with van der Waals surface area (Å²) in [5, 5.41) is 3.41. The monoisotopic (exact) mass is 137 g/mol. The van der Waals surface area contributed by atoms with Gasteiger partial charge in [0.2, 0.25) is 0 Å². The zero-order valence-electron chi connectivity index (χ0n) is 6.78. The van der Waals surface area contributed by atoms with Crippen LogP contribution in [0.1, 0.15) is 26.7 Å². The van der Waals surface area contributed by atoms with E-state index in [0.29, 0.717) is 6.04 Å². The Bertz CT molecular complexity index is 147. The summed E-state index contributed by atoms with van der Waals surface area (Å²) < 4.78 is 0. The molecular weight excluding hydrogens is 122 g/mol. The van der Waals surface area contributed by atoms with E-state index in [1.807, 2.05) is 0 Å². The van der Waals surface area contributed by atoms with Crippen molar-refractivity contribution in [2.45, 2.75) is 32.7 Å². The van der Waals surface area contributed by atoms with Crippen LogP contribution in [0.5, 0.6) is 0 Å². The maximum absolute atomic E-state index is 5.40. The molecule has 0 aromatic heterocycles. The SMILES string of the molecule is C#CC(C)(C)C1CCCN1. The molecule has 0 radical (unpaired) electrons. The number of rotatable bonds is 1. The van der Waals surface area contributed by atoms with Gasteiger partial charge in [0, 0.05) is 11.5 Å². The van der Waals surface area contributed by atoms with Gasteiger partial charge in [-0.15, -0.1) is 6.42 Å². The highest BCUT2D eigenvalue weighted by molar-refractivity contribution is 5.07. The Morgan fingerprint density at radius 1 is 1.60 bits per heavy atom. The minimum absolute atomic E-state index is 0.0382. The van der Waals surface area contributed by atoms with Gasteiger partial charge < -0.3 is 5.32 Å². The zero-order chi connectivity index (χ0) is 7.61. The van der Waals surface area contributed by atoms with Crippen LogP contribution in [0, 0.1) is 17.8 Å². The average Bonchev–Trinajstić information content (AvgIpc) is 2.38. The van der Waals surface area contributed by atoms with Crippen LogP contribution in [0.3, 0.4) is 0 Å². The van der Waals surface area contributed by atoms with Crippen LogP contribution in [0.2, 0.25) is 0 Å². The Kier molecular flexibility index (Phi) is 2.01. The Labute approximate surface area is 63.2 Å². The second kappa shape index (κ2) is 2.64. The van der Waals surface area contributed by atoms with Crippen molar-refractivity contribution in [3.63, 3.8) is 0 Å². The normalized spacial score (nSPS) is 26.3. The molecule has 10 heavy (non-hydrogen) atoms. The summed E-state index contributed by atoms with van der Waals surface area (Å²) in [6.07, 6.45) is 7.90. The van der Waals surface area contributed by atoms with E-state index >= 15 is 0 Å². The fourth-order valence-corrected chi connectivity index (χ4v) is 1.40. The smallest absolute Gasteiger partial charge is 0.0408 e. The van der Waals surface area contributed by atoms with Crippen LogP contribution in [-0.4, -0.2) is 12.6 Å². The molecule has 1 atom stereocenters. The molecule has 56 valence electrons. The number of hydrogen-bond donors (Lipinski definition) is 1. The van der Waals surface area contributed by atoms with Crippen molar-refractivity contribution in [2.75, 3.05) is 6.54 Å². The molecule has 1 nitrogen and oxygen atoms in total. The van der Waals surface area contributed by atoms with Crippen LogP contribution in [0.25, 0.3) is 0 Å². The van der Waals surface area contributed by atoms with Crippen LogP contribution >= 0.6 is 0 Å². The maximum atomic E-state index is 5.40. The van der Waals surface area contributed by atoms with E-state index in [-0.39, 0.29) is 5.41 Å². The van der Waals surface area contributed by atoms with Crippen LogP contribution in [0.4, 0.5) is 0 Å². The van der Waals surface area contributed by atoms with E-state index < -0.39 is 0 Å². The third-order valence-electron chi connectivity index (χ3n) is 2.30. The first-order valence-corrected chi connectivity index (χ1v) is 3.88. The summed E-state index contributed by atoms with van der Waals surface area (Å²) in [5.41, 5.74) is 0.0382. The highest BCUT2D eigenvalue weighted by Crippen LogP contribution is 2.25. The van der Waals surface area contributed by atoms with Gasteiger partial charge in [-0.2, -0.15) is 0 Å². The fraction of sp³-hybridized carbons (Fsp3) is 0.778. The van der Waals surface area contributed by atoms with Gasteiger partial charge in [-0.05, 0) is 33.2 Å². The molecule has 1 rings (SSSR count). The van der Waals surface area contributed by atoms with Crippen molar-refractivity contribution in [3.05, 3.63) is 0 Å². The first kappa shape index (κ1) is 7.63. The Hall–Kier alpha value is -0.480. The predicted octanol–water partition coefficient (Wildman–Crippen LogP) is 1.40. The van der Waals surface area contributed by atoms with E-state index in [9.17, 15) is 0 Å². The molecular formula is C9H15N. The van der Waals surface area contributed by atoms with Gasteiger partial charge >= 0.3 is 0 Å². The topological polar surface area (TPSA) is 12.0 Å². The molecule has 1 N–H and O–H groups in total. The fourth-order valence-electron chi connectivity index (χ4n) is 1.40. The van der Waals surface area contributed by atoms with Crippen LogP contribution in [-0.2, 0) is 0 Å². The molecule has 1 heteroatoms. The van der Waals surface area contributed by atoms with Crippen molar-refractivity contribution in [2.24, 2.45) is 5.41 Å². The number of nitrogens with one attached hydrogen (secondary N) is 1. The van der Waals surface area contributed by atoms with E-state index in [2.05, 4.69) is 25.1 Å². The molecule has 0 bridgehead atoms. The molecule has 1 aliphatic heterocycles. The molecule has 0 aromatic carbocycles. The van der Waals surface area contributed by atoms with Crippen LogP contribution < -0.4 is 5.32 Å². The van der Waals surface area contributed by atoms with Crippen molar-refractivity contribution in [1.82, 2.24) is 5.32 Å². The zero-order valence-corrected chi connectivity index (χ0v) is 6.78. The molecule has 1 fully saturated rings. The summed E-state index contributed by atoms with van der Waals surface area (Å²) in [7, 11) is 0. The summed E-state index contributed by atoms with van der Waals surface area (Å²) in [4.78, 5) is 0. The maximum Gasteiger partial charge on any atom is 0.0408 e. The van der Waals surface area contributed by atoms with E-state index in [4.69, 9.17) is 6.42 Å². The van der Waals surface area contributed by atoms with Crippen molar-refractivity contribution < 1.29 is 0 Å². The highest BCUT2D eigenvalue weighted by Gasteiger charge is 2.29. The standard InChI is InChI=1S/C9H15N/c1-4-9(2,3)8-6-5-7-10-8/h1,8,10H,5-7H2,2-3H3. The van der Waals surface area contributed by atoms with Gasteiger partial charge in [0.15, 0.2) is 0 Å². The highest BCUT2D eigenvalue weighted by atomic mass is 14.9. The van der Waals surface area contributed by atoms with Gasteiger partial charge in [0.1, 0.15) is 0 Å². The quantitative estimate of drug-likeness (QED) is 0.539. The Morgan fingerprint density at radius 2 is 2.30 bits per heavy atom. The average molecular weight is 137 g/mol. The van der Waals surface area contributed by atoms with Gasteiger partial charge in [0.05, 0.1) is 0 Å². The van der Waals surface area contributed by atoms with Gasteiger partial charge in [0.25, 0.3) is 0 Å². The first-order chi connectivity index (χ1) is 4.67. The molecule has 0 saturated carbocycles. The summed E-state index contributed by atoms with van der Waals surface area (Å²) in [5.74, 6) is 2.82. The first-order valence-electron chi connectivity index (χ1n) is 3.88. The Balaban J connectivity index is 2.56. The number of hydrogen-bond acceptors (Lipinski definition) is 1. The minimum Gasteiger partial charge on any atom is -0.312 e. The largest absolute Gasteiger partial charge is 0.312 e. The lowest BCUT2D eigenvalue weighted by atomic mass is 9.85. The summed E-state index contributed by atoms with van der Waals surface area (Å²) in [6, 6.07) is 0.539. The molecule has 1 aliphatic rings. The summed E-state index contributed by atoms with van der Waals surface area (Å²) in [6.45, 7) is 5.38. The molecule has 1 saturated heterocycles. The lowest BCUT2D eigenvalue weighted by Crippen LogP contribution is -2.35.